The number of hydrogen-bond donors (Lipinski definition) is 3. The van der Waals surface area contributed by atoms with E-state index in [0.717, 1.165) is 17.0 Å². The first-order valence-corrected chi connectivity index (χ1v) is 11.7. The second-order valence-corrected chi connectivity index (χ2v) is 8.68. The Morgan fingerprint density at radius 1 is 0.944 bits per heavy atom. The third-order valence-corrected chi connectivity index (χ3v) is 6.28. The summed E-state index contributed by atoms with van der Waals surface area (Å²) in [7, 11) is 1.63. The molecule has 1 aromatic heterocycles. The van der Waals surface area contributed by atoms with Crippen molar-refractivity contribution in [3.05, 3.63) is 66.4 Å². The fourth-order valence-corrected chi connectivity index (χ4v) is 4.39. The molecule has 10 heteroatoms. The lowest BCUT2D eigenvalue weighted by atomic mass is 10.1. The Kier molecular flexibility index (Phi) is 6.79. The van der Waals surface area contributed by atoms with Crippen molar-refractivity contribution in [1.82, 2.24) is 15.3 Å². The van der Waals surface area contributed by atoms with E-state index < -0.39 is 0 Å². The second-order valence-electron chi connectivity index (χ2n) is 8.68. The normalized spacial score (nSPS) is 22.5. The highest BCUT2D eigenvalue weighted by Gasteiger charge is 2.48. The molecular formula is C26H27N5O5. The molecule has 0 unspecified atom stereocenters. The van der Waals surface area contributed by atoms with Crippen LogP contribution in [0.3, 0.4) is 0 Å². The summed E-state index contributed by atoms with van der Waals surface area (Å²) >= 11 is 0. The zero-order valence-corrected chi connectivity index (χ0v) is 19.9. The van der Waals surface area contributed by atoms with Crippen molar-refractivity contribution >= 4 is 23.5 Å². The van der Waals surface area contributed by atoms with Crippen molar-refractivity contribution < 1.29 is 23.8 Å². The summed E-state index contributed by atoms with van der Waals surface area (Å²) in [6, 6.07) is 15.4. The van der Waals surface area contributed by atoms with Gasteiger partial charge in [0.25, 0.3) is 0 Å². The number of amides is 2. The average molecular weight is 490 g/mol. The number of rotatable bonds is 7. The minimum Gasteiger partial charge on any atom is -0.497 e. The van der Waals surface area contributed by atoms with Crippen LogP contribution in [-0.4, -0.2) is 66.4 Å². The van der Waals surface area contributed by atoms with Gasteiger partial charge in [-0.15, -0.1) is 0 Å². The quantitative estimate of drug-likeness (QED) is 0.433. The molecule has 2 saturated heterocycles. The Labute approximate surface area is 208 Å². The molecule has 0 spiro atoms. The first-order valence-electron chi connectivity index (χ1n) is 11.7. The van der Waals surface area contributed by atoms with Crippen LogP contribution in [0.5, 0.6) is 5.75 Å². The van der Waals surface area contributed by atoms with Gasteiger partial charge in [-0.2, -0.15) is 0 Å². The molecule has 2 aliphatic heterocycles. The minimum absolute atomic E-state index is 0.0282. The molecule has 3 aromatic rings. The predicted octanol–water partition coefficient (Wildman–Crippen LogP) is 3.12. The molecule has 10 nitrogen and oxygen atoms in total. The Bertz CT molecular complexity index is 1230. The number of urea groups is 1. The zero-order chi connectivity index (χ0) is 25.1. The van der Waals surface area contributed by atoms with Gasteiger partial charge in [0.1, 0.15) is 18.0 Å². The van der Waals surface area contributed by atoms with E-state index in [0.29, 0.717) is 30.4 Å². The number of benzene rings is 2. The fourth-order valence-electron chi connectivity index (χ4n) is 4.39. The lowest BCUT2D eigenvalue weighted by Crippen LogP contribution is -2.46. The summed E-state index contributed by atoms with van der Waals surface area (Å²) in [5, 5.41) is 9.02. The molecular weight excluding hydrogens is 462 g/mol. The van der Waals surface area contributed by atoms with Crippen molar-refractivity contribution in [1.29, 1.82) is 0 Å². The van der Waals surface area contributed by atoms with Crippen LogP contribution in [0.1, 0.15) is 17.3 Å². The van der Waals surface area contributed by atoms with Gasteiger partial charge < -0.3 is 30.2 Å². The van der Waals surface area contributed by atoms with Gasteiger partial charge in [0, 0.05) is 23.0 Å². The van der Waals surface area contributed by atoms with Crippen molar-refractivity contribution in [2.75, 3.05) is 31.0 Å². The number of nitrogens with one attached hydrogen (secondary N) is 3. The smallest absolute Gasteiger partial charge is 0.319 e. The molecule has 2 amide bonds. The average Bonchev–Trinajstić information content (AvgIpc) is 3.48. The van der Waals surface area contributed by atoms with Crippen LogP contribution in [0.25, 0.3) is 11.3 Å². The highest BCUT2D eigenvalue weighted by Crippen LogP contribution is 2.29. The molecule has 2 aliphatic rings. The number of carbonyl (C=O) groups is 2. The summed E-state index contributed by atoms with van der Waals surface area (Å²) in [4.78, 5) is 32.9. The summed E-state index contributed by atoms with van der Waals surface area (Å²) in [5.74, 6) is 1.23. The van der Waals surface area contributed by atoms with E-state index in [1.807, 2.05) is 30.3 Å². The van der Waals surface area contributed by atoms with Crippen LogP contribution >= 0.6 is 0 Å². The van der Waals surface area contributed by atoms with Crippen LogP contribution in [0.4, 0.5) is 16.4 Å². The van der Waals surface area contributed by atoms with Crippen molar-refractivity contribution in [2.24, 2.45) is 0 Å². The maximum atomic E-state index is 12.5. The highest BCUT2D eigenvalue weighted by atomic mass is 16.6. The lowest BCUT2D eigenvalue weighted by molar-refractivity contribution is 0.0683. The number of nitrogens with zero attached hydrogens (tertiary/aromatic N) is 2. The number of aromatic nitrogens is 2. The number of hydrogen-bond acceptors (Lipinski definition) is 8. The molecule has 3 heterocycles. The Morgan fingerprint density at radius 3 is 2.33 bits per heavy atom. The van der Waals surface area contributed by atoms with Gasteiger partial charge >= 0.3 is 6.03 Å². The van der Waals surface area contributed by atoms with Gasteiger partial charge in [0.15, 0.2) is 5.78 Å². The fraction of sp³-hybridized carbons (Fsp3) is 0.308. The molecule has 0 aliphatic carbocycles. The molecule has 36 heavy (non-hydrogen) atoms. The summed E-state index contributed by atoms with van der Waals surface area (Å²) in [6.45, 7) is 2.23. The van der Waals surface area contributed by atoms with E-state index in [-0.39, 0.29) is 36.1 Å². The van der Waals surface area contributed by atoms with Crippen LogP contribution in [0, 0.1) is 0 Å². The van der Waals surface area contributed by atoms with Crippen molar-refractivity contribution in [3.8, 4) is 17.0 Å². The van der Waals surface area contributed by atoms with Gasteiger partial charge in [-0.1, -0.05) is 0 Å². The molecule has 4 atom stereocenters. The topological polar surface area (TPSA) is 124 Å². The molecule has 3 N–H and O–H groups in total. The van der Waals surface area contributed by atoms with Gasteiger partial charge in [0.2, 0.25) is 5.95 Å². The van der Waals surface area contributed by atoms with Gasteiger partial charge in [-0.3, -0.25) is 4.79 Å². The third kappa shape index (κ3) is 5.14. The molecule has 0 radical (unpaired) electrons. The number of anilines is 2. The first kappa shape index (κ1) is 23.7. The maximum absolute atomic E-state index is 12.5. The number of fused-ring (bicyclic) bond motifs is 1. The van der Waals surface area contributed by atoms with E-state index in [4.69, 9.17) is 14.2 Å². The van der Waals surface area contributed by atoms with Crippen LogP contribution in [-0.2, 0) is 9.47 Å². The monoisotopic (exact) mass is 489 g/mol. The number of ether oxygens (including phenoxy) is 3. The molecule has 186 valence electrons. The largest absolute Gasteiger partial charge is 0.497 e. The second kappa shape index (κ2) is 10.3. The maximum Gasteiger partial charge on any atom is 0.319 e. The highest BCUT2D eigenvalue weighted by molar-refractivity contribution is 5.95. The Balaban J connectivity index is 1.17. The number of ketones is 1. The van der Waals surface area contributed by atoms with E-state index in [1.165, 1.54) is 6.92 Å². The molecule has 2 aromatic carbocycles. The standard InChI is InChI=1S/C26H27N5O5/c1-15(32)16-3-7-18(8-4-16)28-26(33)31-22-14-36-23-21(13-35-24(22)23)30-25-27-12-11-20(29-25)17-5-9-19(34-2)10-6-17/h3-12,21-24H,13-14H2,1-2H3,(H,27,29,30)(H2,28,31,33)/t21-,22-,23+,24+/m0/s1. The number of carbonyl (C=O) groups excluding carboxylic acids is 2. The minimum atomic E-state index is -0.365. The SMILES string of the molecule is COc1ccc(-c2ccnc(N[C@H]3CO[C@H]4[C@@H]3OC[C@@H]4NC(=O)Nc3ccc(C(C)=O)cc3)n2)cc1. The van der Waals surface area contributed by atoms with Gasteiger partial charge in [-0.05, 0) is 61.5 Å². The van der Waals surface area contributed by atoms with Crippen LogP contribution in [0.15, 0.2) is 60.8 Å². The third-order valence-electron chi connectivity index (χ3n) is 6.28. The van der Waals surface area contributed by atoms with E-state index >= 15 is 0 Å². The first-order chi connectivity index (χ1) is 17.5. The predicted molar refractivity (Wildman–Crippen MR) is 133 cm³/mol. The molecule has 0 saturated carbocycles. The van der Waals surface area contributed by atoms with Crippen molar-refractivity contribution in [3.63, 3.8) is 0 Å². The summed E-state index contributed by atoms with van der Waals surface area (Å²) < 4.78 is 17.2. The summed E-state index contributed by atoms with van der Waals surface area (Å²) in [6.07, 6.45) is 1.16. The van der Waals surface area contributed by atoms with Crippen molar-refractivity contribution in [2.45, 2.75) is 31.2 Å². The molecule has 5 rings (SSSR count). The van der Waals surface area contributed by atoms with E-state index in [2.05, 4.69) is 25.9 Å². The Hall–Kier alpha value is -4.02. The number of Topliss-reactive ketones (excluding diaryl/α,β-unsaturated/α-hetero) is 1. The Morgan fingerprint density at radius 2 is 1.64 bits per heavy atom. The lowest BCUT2D eigenvalue weighted by Gasteiger charge is -2.19. The molecule has 2 fully saturated rings. The van der Waals surface area contributed by atoms with Gasteiger partial charge in [-0.25, -0.2) is 14.8 Å². The summed E-state index contributed by atoms with van der Waals surface area (Å²) in [5.41, 5.74) is 2.91. The van der Waals surface area contributed by atoms with E-state index in [1.54, 1.807) is 37.6 Å². The number of methoxy groups -OCH3 is 1. The molecule has 0 bridgehead atoms. The van der Waals surface area contributed by atoms with E-state index in [9.17, 15) is 9.59 Å². The van der Waals surface area contributed by atoms with Crippen LogP contribution in [0.2, 0.25) is 0 Å². The van der Waals surface area contributed by atoms with Gasteiger partial charge in [0.05, 0.1) is 38.1 Å². The zero-order valence-electron chi connectivity index (χ0n) is 19.9. The van der Waals surface area contributed by atoms with Crippen LogP contribution < -0.4 is 20.7 Å².